The number of nitrogens with zero attached hydrogens (tertiary/aromatic N) is 1. The molecule has 4 atom stereocenters. The number of aliphatic hydroxyl groups excluding tert-OH is 2. The van der Waals surface area contributed by atoms with Crippen molar-refractivity contribution in [3.05, 3.63) is 47.5 Å². The zero-order chi connectivity index (χ0) is 31.5. The van der Waals surface area contributed by atoms with E-state index < -0.39 is 18.2 Å². The average Bonchev–Trinajstić information content (AvgIpc) is 3.26. The summed E-state index contributed by atoms with van der Waals surface area (Å²) < 4.78 is 5.17. The van der Waals surface area contributed by atoms with Gasteiger partial charge in [0.1, 0.15) is 18.9 Å². The molecule has 1 aliphatic carbocycles. The van der Waals surface area contributed by atoms with Crippen LogP contribution in [-0.2, 0) is 37.2 Å². The lowest BCUT2D eigenvalue weighted by Gasteiger charge is -2.22. The highest BCUT2D eigenvalue weighted by Gasteiger charge is 2.40. The summed E-state index contributed by atoms with van der Waals surface area (Å²) in [4.78, 5) is 40.9. The fraction of sp³-hybridized carbons (Fsp3) is 0.656. The number of benzene rings is 1. The van der Waals surface area contributed by atoms with Crippen LogP contribution in [0.3, 0.4) is 0 Å². The largest absolute Gasteiger partial charge is 0.460 e. The van der Waals surface area contributed by atoms with Gasteiger partial charge < -0.3 is 20.3 Å². The van der Waals surface area contributed by atoms with Gasteiger partial charge in [0.05, 0.1) is 24.2 Å². The Morgan fingerprint density at radius 2 is 1.56 bits per heavy atom. The molecule has 1 aromatic rings. The van der Waals surface area contributed by atoms with Crippen molar-refractivity contribution >= 4 is 17.7 Å². The Bertz CT molecular complexity index is 984. The molecule has 1 amide bonds. The number of esters is 1. The maximum atomic E-state index is 12.3. The first-order chi connectivity index (χ1) is 20.7. The van der Waals surface area contributed by atoms with Crippen molar-refractivity contribution < 1.29 is 44.6 Å². The Balaban J connectivity index is 1.58. The van der Waals surface area contributed by atoms with E-state index in [-0.39, 0.29) is 55.1 Å². The molecule has 0 radical (unpaired) electrons. The van der Waals surface area contributed by atoms with E-state index in [1.807, 2.05) is 12.2 Å². The summed E-state index contributed by atoms with van der Waals surface area (Å²) >= 11 is 0. The lowest BCUT2D eigenvalue weighted by molar-refractivity contribution is -0.497. The van der Waals surface area contributed by atoms with E-state index in [1.165, 1.54) is 19.3 Å². The van der Waals surface area contributed by atoms with Gasteiger partial charge >= 0.3 is 5.97 Å². The Labute approximate surface area is 254 Å². The van der Waals surface area contributed by atoms with Crippen molar-refractivity contribution in [3.63, 3.8) is 0 Å². The first-order valence-electron chi connectivity index (χ1n) is 15.5. The van der Waals surface area contributed by atoms with Crippen molar-refractivity contribution in [3.8, 4) is 0 Å². The predicted molar refractivity (Wildman–Crippen MR) is 158 cm³/mol. The number of amides is 1. The van der Waals surface area contributed by atoms with Crippen molar-refractivity contribution in [2.45, 2.75) is 116 Å². The molecule has 1 aromatic carbocycles. The van der Waals surface area contributed by atoms with Crippen LogP contribution in [0.5, 0.6) is 0 Å². The second-order valence-corrected chi connectivity index (χ2v) is 11.3. The fourth-order valence-electron chi connectivity index (χ4n) is 5.37. The van der Waals surface area contributed by atoms with Crippen molar-refractivity contribution in [2.75, 3.05) is 6.54 Å². The normalized spacial score (nSPS) is 20.1. The molecule has 0 bridgehead atoms. The summed E-state index contributed by atoms with van der Waals surface area (Å²) in [5.74, 6) is -0.737. The molecule has 5 N–H and O–H groups in total. The molecule has 0 spiro atoms. The SMILES string of the molecule is CCCCCCCC(=O)CC[C@@H]1[C@@H](C/C=C\CCCC(=O)NCC(=O)OCc2ccc(CON(O)O)cc2)[C@@H](O)C[C@H]1O. The summed E-state index contributed by atoms with van der Waals surface area (Å²) in [5, 5.41) is 40.2. The van der Waals surface area contributed by atoms with Gasteiger partial charge in [-0.1, -0.05) is 69.0 Å². The zero-order valence-corrected chi connectivity index (χ0v) is 25.4. The quantitative estimate of drug-likeness (QED) is 0.0547. The van der Waals surface area contributed by atoms with Crippen LogP contribution in [0.1, 0.15) is 102 Å². The van der Waals surface area contributed by atoms with Gasteiger partial charge in [0.25, 0.3) is 0 Å². The zero-order valence-electron chi connectivity index (χ0n) is 25.4. The number of nitrogens with one attached hydrogen (secondary N) is 1. The molecule has 1 aliphatic rings. The number of rotatable bonds is 22. The maximum Gasteiger partial charge on any atom is 0.325 e. The first-order valence-corrected chi connectivity index (χ1v) is 15.5. The molecule has 1 saturated carbocycles. The number of carbonyl (C=O) groups is 3. The molecule has 2 rings (SSSR count). The van der Waals surface area contributed by atoms with E-state index >= 15 is 0 Å². The third-order valence-electron chi connectivity index (χ3n) is 7.89. The van der Waals surface area contributed by atoms with Crippen LogP contribution < -0.4 is 5.32 Å². The van der Waals surface area contributed by atoms with E-state index in [1.54, 1.807) is 24.3 Å². The van der Waals surface area contributed by atoms with Gasteiger partial charge in [-0.05, 0) is 61.5 Å². The molecular formula is C32H50N2O9. The third-order valence-corrected chi connectivity index (χ3v) is 7.89. The van der Waals surface area contributed by atoms with E-state index in [9.17, 15) is 24.6 Å². The molecular weight excluding hydrogens is 556 g/mol. The lowest BCUT2D eigenvalue weighted by atomic mass is 9.86. The highest BCUT2D eigenvalue weighted by atomic mass is 17.1. The molecule has 0 aromatic heterocycles. The van der Waals surface area contributed by atoms with Gasteiger partial charge in [-0.3, -0.25) is 24.8 Å². The number of unbranched alkanes of at least 4 members (excludes halogenated alkanes) is 5. The van der Waals surface area contributed by atoms with Gasteiger partial charge in [0, 0.05) is 19.3 Å². The number of carbonyl (C=O) groups excluding carboxylic acids is 3. The smallest absolute Gasteiger partial charge is 0.325 e. The molecule has 0 aliphatic heterocycles. The summed E-state index contributed by atoms with van der Waals surface area (Å²) in [6.45, 7) is 1.94. The van der Waals surface area contributed by atoms with Crippen molar-refractivity contribution in [1.29, 1.82) is 0 Å². The highest BCUT2D eigenvalue weighted by molar-refractivity contribution is 5.81. The standard InChI is InChI=1S/C32H50N2O9/c1-2-3-4-5-8-11-26(35)18-19-28-27(29(36)20-30(28)37)12-9-6-7-10-13-31(38)33-21-32(39)42-22-24-14-16-25(17-15-24)23-43-34(40)41/h6,9,14-17,27-30,36-37,40-41H,2-5,7-8,10-13,18-23H2,1H3,(H,33,38)/b9-6-/t27-,28-,29+,30-/m1/s1. The maximum absolute atomic E-state index is 12.3. The topological polar surface area (TPSA) is 166 Å². The van der Waals surface area contributed by atoms with Crippen molar-refractivity contribution in [1.82, 2.24) is 10.7 Å². The fourth-order valence-corrected chi connectivity index (χ4v) is 5.37. The minimum Gasteiger partial charge on any atom is -0.460 e. The first kappa shape index (κ1) is 36.5. The Morgan fingerprint density at radius 1 is 0.884 bits per heavy atom. The number of hydrogen-bond donors (Lipinski definition) is 5. The number of hydrogen-bond acceptors (Lipinski definition) is 10. The van der Waals surface area contributed by atoms with Crippen molar-refractivity contribution in [2.24, 2.45) is 11.8 Å². The number of aliphatic hydroxyl groups is 2. The van der Waals surface area contributed by atoms with Crippen LogP contribution >= 0.6 is 0 Å². The van der Waals surface area contributed by atoms with E-state index in [2.05, 4.69) is 17.1 Å². The highest BCUT2D eigenvalue weighted by Crippen LogP contribution is 2.38. The molecule has 242 valence electrons. The number of ketones is 1. The molecule has 0 saturated heterocycles. The van der Waals surface area contributed by atoms with Crippen LogP contribution in [-0.4, -0.2) is 62.4 Å². The van der Waals surface area contributed by atoms with Gasteiger partial charge in [-0.15, -0.1) is 0 Å². The summed E-state index contributed by atoms with van der Waals surface area (Å²) in [7, 11) is 0. The lowest BCUT2D eigenvalue weighted by Crippen LogP contribution is -2.30. The van der Waals surface area contributed by atoms with E-state index in [0.29, 0.717) is 50.5 Å². The number of ether oxygens (including phenoxy) is 1. The second kappa shape index (κ2) is 21.1. The molecule has 1 fully saturated rings. The average molecular weight is 607 g/mol. The summed E-state index contributed by atoms with van der Waals surface area (Å²) in [5.41, 5.74) is 1.42. The monoisotopic (exact) mass is 606 g/mol. The van der Waals surface area contributed by atoms with Crippen LogP contribution in [0.15, 0.2) is 36.4 Å². The molecule has 11 heteroatoms. The number of allylic oxidation sites excluding steroid dienone is 2. The second-order valence-electron chi connectivity index (χ2n) is 11.3. The Hall–Kier alpha value is -2.67. The van der Waals surface area contributed by atoms with E-state index in [4.69, 9.17) is 15.2 Å². The number of Topliss-reactive ketones (excluding diaryl/α,β-unsaturated/α-hetero) is 1. The van der Waals surface area contributed by atoms with Gasteiger partial charge in [0.2, 0.25) is 5.91 Å². The van der Waals surface area contributed by atoms with Gasteiger partial charge in [0.15, 0.2) is 0 Å². The van der Waals surface area contributed by atoms with Gasteiger partial charge in [-0.2, -0.15) is 0 Å². The van der Waals surface area contributed by atoms with Crippen LogP contribution in [0.2, 0.25) is 0 Å². The van der Waals surface area contributed by atoms with Crippen LogP contribution in [0, 0.1) is 11.8 Å². The Morgan fingerprint density at radius 3 is 2.26 bits per heavy atom. The van der Waals surface area contributed by atoms with E-state index in [0.717, 1.165) is 18.4 Å². The minimum atomic E-state index is -0.589. The molecule has 0 unspecified atom stereocenters. The predicted octanol–water partition coefficient (Wildman–Crippen LogP) is 4.54. The summed E-state index contributed by atoms with van der Waals surface area (Å²) in [6, 6.07) is 6.82. The Kier molecular flexibility index (Phi) is 17.9. The van der Waals surface area contributed by atoms with Crippen LogP contribution in [0.4, 0.5) is 0 Å². The third kappa shape index (κ3) is 15.6. The molecule has 11 nitrogen and oxygen atoms in total. The molecule has 0 heterocycles. The summed E-state index contributed by atoms with van der Waals surface area (Å²) in [6.07, 6.45) is 12.5. The van der Waals surface area contributed by atoms with Gasteiger partial charge in [-0.25, -0.2) is 4.84 Å². The molecule has 43 heavy (non-hydrogen) atoms. The van der Waals surface area contributed by atoms with Crippen LogP contribution in [0.25, 0.3) is 0 Å². The minimum absolute atomic E-state index is 0.0360.